The zero-order chi connectivity index (χ0) is 14.6. The third kappa shape index (κ3) is 8.41. The highest BCUT2D eigenvalue weighted by Gasteiger charge is 2.09. The molecule has 0 aromatic heterocycles. The Hall–Kier alpha value is -0.770. The molecule has 1 aliphatic heterocycles. The molecule has 0 saturated carbocycles. The number of hydrogen-bond donors (Lipinski definition) is 2. The van der Waals surface area contributed by atoms with Gasteiger partial charge < -0.3 is 15.5 Å². The number of likely N-dealkylation sites (tertiary alicyclic amines) is 1. The molecule has 0 radical (unpaired) electrons. The first-order valence-electron chi connectivity index (χ1n) is 8.39. The molecule has 1 heterocycles. The number of hydrogen-bond acceptors (Lipinski definition) is 2. The monoisotopic (exact) mass is 282 g/mol. The van der Waals surface area contributed by atoms with Crippen molar-refractivity contribution in [1.29, 1.82) is 0 Å². The molecule has 0 unspecified atom stereocenters. The molecule has 1 aliphatic rings. The molecule has 4 nitrogen and oxygen atoms in total. The number of rotatable bonds is 9. The van der Waals surface area contributed by atoms with Gasteiger partial charge in [-0.15, -0.1) is 0 Å². The van der Waals surface area contributed by atoms with Crippen LogP contribution in [0.2, 0.25) is 0 Å². The van der Waals surface area contributed by atoms with Gasteiger partial charge in [0.2, 0.25) is 0 Å². The van der Waals surface area contributed by atoms with E-state index in [9.17, 15) is 0 Å². The van der Waals surface area contributed by atoms with Crippen molar-refractivity contribution in [3.05, 3.63) is 0 Å². The number of nitrogens with one attached hydrogen (secondary N) is 2. The molecule has 1 saturated heterocycles. The Balaban J connectivity index is 1.95. The average molecular weight is 282 g/mol. The fraction of sp³-hybridized carbons (Fsp3) is 0.938. The molecule has 0 aromatic carbocycles. The Morgan fingerprint density at radius 2 is 1.70 bits per heavy atom. The van der Waals surface area contributed by atoms with Crippen LogP contribution in [0.25, 0.3) is 0 Å². The lowest BCUT2D eigenvalue weighted by Gasteiger charge is -2.15. The molecule has 2 N–H and O–H groups in total. The predicted octanol–water partition coefficient (Wildman–Crippen LogP) is 2.46. The van der Waals surface area contributed by atoms with E-state index in [0.717, 1.165) is 25.0 Å². The molecule has 0 atom stereocenters. The standard InChI is InChI=1S/C16H34N4/c1-15(2)9-8-11-19-16(17-3)18-10-4-5-12-20-13-6-7-14-20/h15H,4-14H2,1-3H3,(H2,17,18,19). The van der Waals surface area contributed by atoms with E-state index >= 15 is 0 Å². The minimum absolute atomic E-state index is 0.789. The zero-order valence-corrected chi connectivity index (χ0v) is 13.7. The van der Waals surface area contributed by atoms with Gasteiger partial charge in [0.1, 0.15) is 0 Å². The minimum atomic E-state index is 0.789. The van der Waals surface area contributed by atoms with E-state index in [2.05, 4.69) is 34.4 Å². The Morgan fingerprint density at radius 3 is 2.30 bits per heavy atom. The van der Waals surface area contributed by atoms with Crippen LogP contribution in [-0.4, -0.2) is 50.6 Å². The summed E-state index contributed by atoms with van der Waals surface area (Å²) in [5, 5.41) is 6.79. The summed E-state index contributed by atoms with van der Waals surface area (Å²) in [6.07, 6.45) is 7.80. The van der Waals surface area contributed by atoms with E-state index in [0.29, 0.717) is 0 Å². The van der Waals surface area contributed by atoms with Crippen LogP contribution in [-0.2, 0) is 0 Å². The normalized spacial score (nSPS) is 16.9. The number of nitrogens with zero attached hydrogens (tertiary/aromatic N) is 2. The summed E-state index contributed by atoms with van der Waals surface area (Å²) in [4.78, 5) is 6.85. The molecule has 1 fully saturated rings. The molecule has 20 heavy (non-hydrogen) atoms. The first-order chi connectivity index (χ1) is 9.72. The van der Waals surface area contributed by atoms with Crippen molar-refractivity contribution in [3.8, 4) is 0 Å². The van der Waals surface area contributed by atoms with Gasteiger partial charge in [-0.3, -0.25) is 4.99 Å². The summed E-state index contributed by atoms with van der Waals surface area (Å²) in [6.45, 7) is 10.5. The molecule has 4 heteroatoms. The Kier molecular flexibility index (Phi) is 9.46. The zero-order valence-electron chi connectivity index (χ0n) is 13.7. The van der Waals surface area contributed by atoms with Gasteiger partial charge in [0.25, 0.3) is 0 Å². The van der Waals surface area contributed by atoms with Crippen molar-refractivity contribution in [2.24, 2.45) is 10.9 Å². The van der Waals surface area contributed by atoms with E-state index in [1.54, 1.807) is 0 Å². The van der Waals surface area contributed by atoms with Crippen LogP contribution in [0.15, 0.2) is 4.99 Å². The third-order valence-corrected chi connectivity index (χ3v) is 3.87. The first kappa shape index (κ1) is 17.3. The molecular formula is C16H34N4. The lowest BCUT2D eigenvalue weighted by Crippen LogP contribution is -2.38. The van der Waals surface area contributed by atoms with Crippen LogP contribution in [0.1, 0.15) is 52.4 Å². The van der Waals surface area contributed by atoms with Crippen LogP contribution < -0.4 is 10.6 Å². The first-order valence-corrected chi connectivity index (χ1v) is 8.39. The molecule has 0 aromatic rings. The van der Waals surface area contributed by atoms with Crippen molar-refractivity contribution in [2.45, 2.75) is 52.4 Å². The fourth-order valence-corrected chi connectivity index (χ4v) is 2.61. The predicted molar refractivity (Wildman–Crippen MR) is 88.3 cm³/mol. The molecule has 0 amide bonds. The van der Waals surface area contributed by atoms with Gasteiger partial charge in [0.05, 0.1) is 0 Å². The summed E-state index contributed by atoms with van der Waals surface area (Å²) >= 11 is 0. The lowest BCUT2D eigenvalue weighted by molar-refractivity contribution is 0.330. The van der Waals surface area contributed by atoms with Crippen molar-refractivity contribution < 1.29 is 0 Å². The highest BCUT2D eigenvalue weighted by molar-refractivity contribution is 5.79. The van der Waals surface area contributed by atoms with E-state index in [-0.39, 0.29) is 0 Å². The molecule has 118 valence electrons. The van der Waals surface area contributed by atoms with Gasteiger partial charge in [-0.1, -0.05) is 13.8 Å². The maximum absolute atomic E-state index is 4.26. The van der Waals surface area contributed by atoms with Crippen LogP contribution in [0.3, 0.4) is 0 Å². The van der Waals surface area contributed by atoms with Gasteiger partial charge in [-0.2, -0.15) is 0 Å². The third-order valence-electron chi connectivity index (χ3n) is 3.87. The van der Waals surface area contributed by atoms with Gasteiger partial charge in [0.15, 0.2) is 5.96 Å². The quantitative estimate of drug-likeness (QED) is 0.388. The van der Waals surface area contributed by atoms with E-state index in [1.807, 2.05) is 7.05 Å². The summed E-state index contributed by atoms with van der Waals surface area (Å²) in [5.41, 5.74) is 0. The molecule has 0 bridgehead atoms. The largest absolute Gasteiger partial charge is 0.356 e. The Labute approximate surface area is 125 Å². The van der Waals surface area contributed by atoms with E-state index in [4.69, 9.17) is 0 Å². The van der Waals surface area contributed by atoms with Gasteiger partial charge in [0, 0.05) is 20.1 Å². The van der Waals surface area contributed by atoms with E-state index < -0.39 is 0 Å². The fourth-order valence-electron chi connectivity index (χ4n) is 2.61. The molecule has 0 aliphatic carbocycles. The van der Waals surface area contributed by atoms with Gasteiger partial charge in [-0.05, 0) is 64.1 Å². The lowest BCUT2D eigenvalue weighted by atomic mass is 10.1. The molecule has 0 spiro atoms. The maximum atomic E-state index is 4.26. The Morgan fingerprint density at radius 1 is 1.05 bits per heavy atom. The van der Waals surface area contributed by atoms with Gasteiger partial charge >= 0.3 is 0 Å². The average Bonchev–Trinajstić information content (AvgIpc) is 2.93. The summed E-state index contributed by atoms with van der Waals surface area (Å²) in [5.74, 6) is 1.74. The second-order valence-corrected chi connectivity index (χ2v) is 6.22. The molecular weight excluding hydrogens is 248 g/mol. The number of aliphatic imine (C=N–C) groups is 1. The highest BCUT2D eigenvalue weighted by atomic mass is 15.2. The van der Waals surface area contributed by atoms with Crippen LogP contribution >= 0.6 is 0 Å². The number of guanidine groups is 1. The van der Waals surface area contributed by atoms with Crippen LogP contribution in [0.5, 0.6) is 0 Å². The van der Waals surface area contributed by atoms with Crippen LogP contribution in [0.4, 0.5) is 0 Å². The van der Waals surface area contributed by atoms with E-state index in [1.165, 1.54) is 58.2 Å². The topological polar surface area (TPSA) is 39.7 Å². The smallest absolute Gasteiger partial charge is 0.190 e. The summed E-state index contributed by atoms with van der Waals surface area (Å²) in [6, 6.07) is 0. The summed E-state index contributed by atoms with van der Waals surface area (Å²) in [7, 11) is 1.85. The number of unbranched alkanes of at least 4 members (excludes halogenated alkanes) is 1. The van der Waals surface area contributed by atoms with Crippen molar-refractivity contribution in [1.82, 2.24) is 15.5 Å². The molecule has 1 rings (SSSR count). The SMILES string of the molecule is CN=C(NCCCCN1CCCC1)NCCCC(C)C. The van der Waals surface area contributed by atoms with Gasteiger partial charge in [-0.25, -0.2) is 0 Å². The summed E-state index contributed by atoms with van der Waals surface area (Å²) < 4.78 is 0. The maximum Gasteiger partial charge on any atom is 0.190 e. The van der Waals surface area contributed by atoms with Crippen molar-refractivity contribution in [2.75, 3.05) is 39.8 Å². The second-order valence-electron chi connectivity index (χ2n) is 6.22. The highest BCUT2D eigenvalue weighted by Crippen LogP contribution is 2.07. The second kappa shape index (κ2) is 11.0. The van der Waals surface area contributed by atoms with Crippen molar-refractivity contribution >= 4 is 5.96 Å². The minimum Gasteiger partial charge on any atom is -0.356 e. The Bertz CT molecular complexity index is 257. The van der Waals surface area contributed by atoms with Crippen molar-refractivity contribution in [3.63, 3.8) is 0 Å². The van der Waals surface area contributed by atoms with Crippen LogP contribution in [0, 0.1) is 5.92 Å².